The summed E-state index contributed by atoms with van der Waals surface area (Å²) < 4.78 is 5.03. The first-order valence-corrected chi connectivity index (χ1v) is 8.31. The zero-order valence-electron chi connectivity index (χ0n) is 12.7. The highest BCUT2D eigenvalue weighted by atomic mass is 35.5. The van der Waals surface area contributed by atoms with Crippen molar-refractivity contribution in [3.63, 3.8) is 0 Å². The summed E-state index contributed by atoms with van der Waals surface area (Å²) in [7, 11) is 0. The monoisotopic (exact) mass is 344 g/mol. The number of nitrogens with zero attached hydrogens (tertiary/aromatic N) is 1. The van der Waals surface area contributed by atoms with Crippen LogP contribution in [0.4, 0.5) is 0 Å². The number of halogens is 2. The lowest BCUT2D eigenvalue weighted by atomic mass is 9.91. The summed E-state index contributed by atoms with van der Waals surface area (Å²) in [5.74, 6) is 0.0833. The highest BCUT2D eigenvalue weighted by Crippen LogP contribution is 2.25. The zero-order valence-corrected chi connectivity index (χ0v) is 14.2. The molecule has 4 nitrogen and oxygen atoms in total. The average Bonchev–Trinajstić information content (AvgIpc) is 2.41. The fraction of sp³-hybridized carbons (Fsp3) is 0.562. The third-order valence-corrected chi connectivity index (χ3v) is 4.40. The van der Waals surface area contributed by atoms with Crippen molar-refractivity contribution < 1.29 is 9.53 Å². The van der Waals surface area contributed by atoms with Gasteiger partial charge in [-0.1, -0.05) is 29.3 Å². The Morgan fingerprint density at radius 1 is 1.41 bits per heavy atom. The molecule has 1 aliphatic rings. The number of hydrogen-bond donors (Lipinski definition) is 1. The molecule has 2 rings (SSSR count). The van der Waals surface area contributed by atoms with Crippen LogP contribution in [0.1, 0.15) is 25.3 Å². The van der Waals surface area contributed by atoms with E-state index in [-0.39, 0.29) is 17.9 Å². The first-order valence-electron chi connectivity index (χ1n) is 7.55. The molecular weight excluding hydrogens is 323 g/mol. The molecule has 122 valence electrons. The van der Waals surface area contributed by atoms with Gasteiger partial charge in [-0.05, 0) is 37.0 Å². The van der Waals surface area contributed by atoms with E-state index in [9.17, 15) is 4.79 Å². The summed E-state index contributed by atoms with van der Waals surface area (Å²) >= 11 is 12.2. The van der Waals surface area contributed by atoms with Crippen LogP contribution >= 0.6 is 23.2 Å². The molecule has 1 aromatic rings. The lowest BCUT2D eigenvalue weighted by Gasteiger charge is -2.36. The van der Waals surface area contributed by atoms with Crippen molar-refractivity contribution in [2.75, 3.05) is 19.7 Å². The minimum absolute atomic E-state index is 0.0688. The molecule has 0 spiro atoms. The number of carbonyl (C=O) groups is 1. The lowest BCUT2D eigenvalue weighted by molar-refractivity contribution is -0.144. The lowest BCUT2D eigenvalue weighted by Crippen LogP contribution is -2.47. The molecule has 0 aromatic heterocycles. The van der Waals surface area contributed by atoms with Crippen molar-refractivity contribution in [3.8, 4) is 0 Å². The minimum atomic E-state index is -0.147. The highest BCUT2D eigenvalue weighted by molar-refractivity contribution is 6.35. The van der Waals surface area contributed by atoms with Crippen LogP contribution in [0.15, 0.2) is 18.2 Å². The van der Waals surface area contributed by atoms with Gasteiger partial charge in [-0.15, -0.1) is 0 Å². The van der Waals surface area contributed by atoms with E-state index in [2.05, 4.69) is 4.90 Å². The number of carbonyl (C=O) groups excluding carboxylic acids is 1. The second kappa shape index (κ2) is 8.16. The Labute approximate surface area is 141 Å². The van der Waals surface area contributed by atoms with Gasteiger partial charge in [-0.25, -0.2) is 0 Å². The standard InChI is InChI=1S/C16H22Cl2N2O2/c1-2-22-16(21)6-11-5-14(19)10-20(8-11)9-12-3-4-13(17)7-15(12)18/h3-4,7,11,14H,2,5-6,8-10,19H2,1H3. The molecule has 1 aromatic carbocycles. The predicted octanol–water partition coefficient (Wildman–Crippen LogP) is 3.10. The summed E-state index contributed by atoms with van der Waals surface area (Å²) in [5.41, 5.74) is 7.16. The van der Waals surface area contributed by atoms with Crippen molar-refractivity contribution in [2.45, 2.75) is 32.4 Å². The minimum Gasteiger partial charge on any atom is -0.466 e. The van der Waals surface area contributed by atoms with Gasteiger partial charge in [0.2, 0.25) is 0 Å². The molecule has 0 radical (unpaired) electrons. The molecule has 2 atom stereocenters. The van der Waals surface area contributed by atoms with E-state index in [1.54, 1.807) is 6.07 Å². The van der Waals surface area contributed by atoms with Crippen LogP contribution in [0.2, 0.25) is 10.0 Å². The third kappa shape index (κ3) is 5.13. The Morgan fingerprint density at radius 2 is 2.18 bits per heavy atom. The van der Waals surface area contributed by atoms with Gasteiger partial charge >= 0.3 is 5.97 Å². The molecule has 2 unspecified atom stereocenters. The molecule has 22 heavy (non-hydrogen) atoms. The molecule has 0 aliphatic carbocycles. The van der Waals surface area contributed by atoms with Gasteiger partial charge in [0.15, 0.2) is 0 Å². The van der Waals surface area contributed by atoms with E-state index in [4.69, 9.17) is 33.7 Å². The third-order valence-electron chi connectivity index (χ3n) is 3.81. The maximum atomic E-state index is 11.7. The Bertz CT molecular complexity index is 525. The van der Waals surface area contributed by atoms with Gasteiger partial charge in [-0.3, -0.25) is 9.69 Å². The second-order valence-electron chi connectivity index (χ2n) is 5.80. The summed E-state index contributed by atoms with van der Waals surface area (Å²) in [6.45, 7) is 4.58. The molecule has 0 saturated carbocycles. The Kier molecular flexibility index (Phi) is 6.50. The van der Waals surface area contributed by atoms with Gasteiger partial charge < -0.3 is 10.5 Å². The number of piperidine rings is 1. The number of ether oxygens (including phenoxy) is 1. The van der Waals surface area contributed by atoms with Gasteiger partial charge in [0.25, 0.3) is 0 Å². The fourth-order valence-electron chi connectivity index (χ4n) is 2.97. The van der Waals surface area contributed by atoms with Crippen molar-refractivity contribution >= 4 is 29.2 Å². The number of rotatable bonds is 5. The van der Waals surface area contributed by atoms with Crippen molar-refractivity contribution in [1.82, 2.24) is 4.90 Å². The van der Waals surface area contributed by atoms with Gasteiger partial charge in [-0.2, -0.15) is 0 Å². The maximum absolute atomic E-state index is 11.7. The molecule has 0 amide bonds. The Balaban J connectivity index is 1.97. The van der Waals surface area contributed by atoms with E-state index >= 15 is 0 Å². The average molecular weight is 345 g/mol. The molecule has 0 bridgehead atoms. The van der Waals surface area contributed by atoms with Gasteiger partial charge in [0.1, 0.15) is 0 Å². The van der Waals surface area contributed by atoms with Crippen LogP contribution in [0, 0.1) is 5.92 Å². The molecule has 1 aliphatic heterocycles. The number of hydrogen-bond acceptors (Lipinski definition) is 4. The van der Waals surface area contributed by atoms with Crippen molar-refractivity contribution in [3.05, 3.63) is 33.8 Å². The maximum Gasteiger partial charge on any atom is 0.306 e. The van der Waals surface area contributed by atoms with Crippen LogP contribution in [-0.4, -0.2) is 36.6 Å². The normalized spacial score (nSPS) is 22.5. The molecule has 6 heteroatoms. The Hall–Kier alpha value is -0.810. The first-order chi connectivity index (χ1) is 10.5. The fourth-order valence-corrected chi connectivity index (χ4v) is 3.44. The van der Waals surface area contributed by atoms with Crippen molar-refractivity contribution in [1.29, 1.82) is 0 Å². The summed E-state index contributed by atoms with van der Waals surface area (Å²) in [6.07, 6.45) is 1.27. The second-order valence-corrected chi connectivity index (χ2v) is 6.64. The van der Waals surface area contributed by atoms with Crippen molar-refractivity contribution in [2.24, 2.45) is 11.7 Å². The van der Waals surface area contributed by atoms with E-state index in [1.807, 2.05) is 19.1 Å². The molecule has 2 N–H and O–H groups in total. The summed E-state index contributed by atoms with van der Waals surface area (Å²) in [5, 5.41) is 1.29. The summed E-state index contributed by atoms with van der Waals surface area (Å²) in [4.78, 5) is 13.9. The quantitative estimate of drug-likeness (QED) is 0.834. The number of benzene rings is 1. The number of esters is 1. The van der Waals surface area contributed by atoms with Gasteiger partial charge in [0, 0.05) is 42.1 Å². The first kappa shape index (κ1) is 17.5. The largest absolute Gasteiger partial charge is 0.466 e. The number of likely N-dealkylation sites (tertiary alicyclic amines) is 1. The predicted molar refractivity (Wildman–Crippen MR) is 89.1 cm³/mol. The number of nitrogens with two attached hydrogens (primary N) is 1. The SMILES string of the molecule is CCOC(=O)CC1CC(N)CN(Cc2ccc(Cl)cc2Cl)C1. The van der Waals surface area contributed by atoms with Crippen LogP contribution in [-0.2, 0) is 16.1 Å². The Morgan fingerprint density at radius 3 is 2.86 bits per heavy atom. The van der Waals surface area contributed by atoms with Crippen LogP contribution in [0.3, 0.4) is 0 Å². The van der Waals surface area contributed by atoms with Crippen LogP contribution in [0.5, 0.6) is 0 Å². The zero-order chi connectivity index (χ0) is 16.1. The van der Waals surface area contributed by atoms with E-state index in [0.717, 1.165) is 25.1 Å². The molecule has 1 saturated heterocycles. The molecular formula is C16H22Cl2N2O2. The highest BCUT2D eigenvalue weighted by Gasteiger charge is 2.27. The van der Waals surface area contributed by atoms with E-state index in [0.29, 0.717) is 29.6 Å². The molecule has 1 fully saturated rings. The topological polar surface area (TPSA) is 55.6 Å². The van der Waals surface area contributed by atoms with Gasteiger partial charge in [0.05, 0.1) is 6.61 Å². The molecule has 1 heterocycles. The van der Waals surface area contributed by atoms with E-state index in [1.165, 1.54) is 0 Å². The van der Waals surface area contributed by atoms with Crippen LogP contribution < -0.4 is 5.73 Å². The summed E-state index contributed by atoms with van der Waals surface area (Å²) in [6, 6.07) is 5.59. The van der Waals surface area contributed by atoms with Crippen LogP contribution in [0.25, 0.3) is 0 Å². The smallest absolute Gasteiger partial charge is 0.306 e. The van der Waals surface area contributed by atoms with E-state index < -0.39 is 0 Å².